The van der Waals surface area contributed by atoms with Crippen molar-refractivity contribution in [3.05, 3.63) is 59.2 Å². The Morgan fingerprint density at radius 2 is 1.97 bits per heavy atom. The third-order valence-electron chi connectivity index (χ3n) is 5.82. The fourth-order valence-electron chi connectivity index (χ4n) is 3.96. The number of nitriles is 1. The summed E-state index contributed by atoms with van der Waals surface area (Å²) in [5.41, 5.74) is -2.23. The van der Waals surface area contributed by atoms with Gasteiger partial charge in [-0.2, -0.15) is 18.4 Å². The summed E-state index contributed by atoms with van der Waals surface area (Å²) in [4.78, 5) is 16.9. The normalized spacial score (nSPS) is 16.2. The van der Waals surface area contributed by atoms with Crippen LogP contribution in [0.1, 0.15) is 55.3 Å². The second-order valence-corrected chi connectivity index (χ2v) is 8.26. The molecule has 2 aromatic carbocycles. The molecule has 0 radical (unpaired) electrons. The Morgan fingerprint density at radius 3 is 2.53 bits per heavy atom. The van der Waals surface area contributed by atoms with Crippen LogP contribution in [0.4, 0.5) is 19.1 Å². The number of nitrogens with zero attached hydrogens (tertiary/aromatic N) is 3. The lowest BCUT2D eigenvalue weighted by atomic mass is 9.92. The number of hydrogen-bond donors (Lipinski definition) is 2. The van der Waals surface area contributed by atoms with Crippen LogP contribution >= 0.6 is 0 Å². The topological polar surface area (TPSA) is 90.9 Å². The van der Waals surface area contributed by atoms with Crippen LogP contribution in [-0.4, -0.2) is 20.6 Å². The monoisotopic (exact) mass is 442 g/mol. The molecular formula is C23H21F3N4O2. The van der Waals surface area contributed by atoms with Gasteiger partial charge in [-0.15, -0.1) is 0 Å². The molecule has 9 heteroatoms. The summed E-state index contributed by atoms with van der Waals surface area (Å²) >= 11 is 0. The van der Waals surface area contributed by atoms with E-state index in [0.29, 0.717) is 5.56 Å². The highest BCUT2D eigenvalue weighted by molar-refractivity contribution is 5.93. The van der Waals surface area contributed by atoms with Crippen molar-refractivity contribution in [3.63, 3.8) is 0 Å². The largest absolute Gasteiger partial charge is 0.418 e. The Morgan fingerprint density at radius 1 is 1.28 bits per heavy atom. The van der Waals surface area contributed by atoms with Crippen LogP contribution < -0.4 is 5.32 Å². The molecule has 0 saturated heterocycles. The molecule has 1 amide bonds. The van der Waals surface area contributed by atoms with Gasteiger partial charge in [0.15, 0.2) is 0 Å². The number of alkyl halides is 3. The van der Waals surface area contributed by atoms with Gasteiger partial charge in [0.2, 0.25) is 11.9 Å². The fourth-order valence-corrected chi connectivity index (χ4v) is 3.96. The standard InChI is InChI=1S/C23H21F3N4O2/c1-22(32,15-6-3-2-4-7-15)12-19(31)28-21-29-20-17(23(24,25)26)10-14(13-27)11-18(20)30(21)16-8-5-9-16/h2-4,6-7,10-11,16,32H,5,8-9,12H2,1H3,(H,28,29,31). The molecule has 1 unspecified atom stereocenters. The van der Waals surface area contributed by atoms with Crippen LogP contribution in [0.5, 0.6) is 0 Å². The predicted octanol–water partition coefficient (Wildman–Crippen LogP) is 4.89. The summed E-state index contributed by atoms with van der Waals surface area (Å²) < 4.78 is 42.6. The van der Waals surface area contributed by atoms with Crippen LogP contribution in [0.25, 0.3) is 11.0 Å². The molecular weight excluding hydrogens is 421 g/mol. The molecule has 0 spiro atoms. The van der Waals surface area contributed by atoms with Crippen LogP contribution in [0.15, 0.2) is 42.5 Å². The third-order valence-corrected chi connectivity index (χ3v) is 5.82. The summed E-state index contributed by atoms with van der Waals surface area (Å²) in [6.45, 7) is 1.50. The van der Waals surface area contributed by atoms with Crippen molar-refractivity contribution in [2.75, 3.05) is 5.32 Å². The molecule has 1 atom stereocenters. The van der Waals surface area contributed by atoms with E-state index < -0.39 is 23.2 Å². The van der Waals surface area contributed by atoms with E-state index in [1.807, 2.05) is 0 Å². The number of carbonyl (C=O) groups excluding carboxylic acids is 1. The quantitative estimate of drug-likeness (QED) is 0.589. The van der Waals surface area contributed by atoms with Gasteiger partial charge in [0, 0.05) is 6.04 Å². The number of rotatable bonds is 5. The Balaban J connectivity index is 1.74. The number of aromatic nitrogens is 2. The van der Waals surface area contributed by atoms with Crippen LogP contribution in [0, 0.1) is 11.3 Å². The van der Waals surface area contributed by atoms with E-state index in [1.165, 1.54) is 13.0 Å². The first kappa shape index (κ1) is 21.8. The Hall–Kier alpha value is -3.38. The summed E-state index contributed by atoms with van der Waals surface area (Å²) in [5.74, 6) is -0.594. The maximum Gasteiger partial charge on any atom is 0.418 e. The molecule has 1 aromatic heterocycles. The molecule has 2 N–H and O–H groups in total. The second kappa shape index (κ2) is 7.95. The molecule has 1 fully saturated rings. The minimum atomic E-state index is -4.71. The van der Waals surface area contributed by atoms with Gasteiger partial charge < -0.3 is 9.67 Å². The SMILES string of the molecule is CC(O)(CC(=O)Nc1nc2c(C(F)(F)F)cc(C#N)cc2n1C1CCC1)c1ccccc1. The minimum absolute atomic E-state index is 0.0147. The zero-order valence-electron chi connectivity index (χ0n) is 17.3. The van der Waals surface area contributed by atoms with Crippen molar-refractivity contribution in [2.24, 2.45) is 0 Å². The van der Waals surface area contributed by atoms with Gasteiger partial charge in [0.05, 0.1) is 34.7 Å². The van der Waals surface area contributed by atoms with Gasteiger partial charge in [0.25, 0.3) is 0 Å². The van der Waals surface area contributed by atoms with Crippen LogP contribution in [0.3, 0.4) is 0 Å². The zero-order valence-corrected chi connectivity index (χ0v) is 17.3. The summed E-state index contributed by atoms with van der Waals surface area (Å²) in [6, 6.07) is 12.4. The fraction of sp³-hybridized carbons (Fsp3) is 0.348. The highest BCUT2D eigenvalue weighted by atomic mass is 19.4. The second-order valence-electron chi connectivity index (χ2n) is 8.26. The van der Waals surface area contributed by atoms with E-state index in [2.05, 4.69) is 10.3 Å². The molecule has 6 nitrogen and oxygen atoms in total. The average molecular weight is 442 g/mol. The number of halogens is 3. The number of anilines is 1. The molecule has 1 saturated carbocycles. The molecule has 3 aromatic rings. The van der Waals surface area contributed by atoms with Gasteiger partial charge >= 0.3 is 6.18 Å². The number of benzene rings is 2. The number of nitrogens with one attached hydrogen (secondary N) is 1. The lowest BCUT2D eigenvalue weighted by Crippen LogP contribution is -2.30. The lowest BCUT2D eigenvalue weighted by molar-refractivity contribution is -0.136. The smallest absolute Gasteiger partial charge is 0.385 e. The maximum absolute atomic E-state index is 13.7. The average Bonchev–Trinajstić information content (AvgIpc) is 3.02. The number of aliphatic hydroxyl groups is 1. The first-order valence-electron chi connectivity index (χ1n) is 10.2. The minimum Gasteiger partial charge on any atom is -0.385 e. The van der Waals surface area contributed by atoms with E-state index >= 15 is 0 Å². The van der Waals surface area contributed by atoms with Gasteiger partial charge in [-0.3, -0.25) is 10.1 Å². The van der Waals surface area contributed by atoms with E-state index in [4.69, 9.17) is 0 Å². The molecule has 166 valence electrons. The van der Waals surface area contributed by atoms with Crippen molar-refractivity contribution in [3.8, 4) is 6.07 Å². The van der Waals surface area contributed by atoms with Gasteiger partial charge in [-0.25, -0.2) is 4.98 Å². The number of imidazole rings is 1. The lowest BCUT2D eigenvalue weighted by Gasteiger charge is -2.29. The van der Waals surface area contributed by atoms with E-state index in [-0.39, 0.29) is 35.0 Å². The molecule has 32 heavy (non-hydrogen) atoms. The highest BCUT2D eigenvalue weighted by Gasteiger charge is 2.37. The molecule has 0 aliphatic heterocycles. The summed E-state index contributed by atoms with van der Waals surface area (Å²) in [6.07, 6.45) is -2.64. The van der Waals surface area contributed by atoms with Crippen molar-refractivity contribution in [1.29, 1.82) is 5.26 Å². The molecule has 4 rings (SSSR count). The summed E-state index contributed by atoms with van der Waals surface area (Å²) in [7, 11) is 0. The first-order chi connectivity index (χ1) is 15.1. The van der Waals surface area contributed by atoms with E-state index in [1.54, 1.807) is 41.0 Å². The van der Waals surface area contributed by atoms with E-state index in [9.17, 15) is 28.3 Å². The molecule has 1 aliphatic carbocycles. The van der Waals surface area contributed by atoms with Gasteiger partial charge in [0.1, 0.15) is 5.52 Å². The van der Waals surface area contributed by atoms with Crippen molar-refractivity contribution in [1.82, 2.24) is 9.55 Å². The van der Waals surface area contributed by atoms with Crippen LogP contribution in [0.2, 0.25) is 0 Å². The van der Waals surface area contributed by atoms with Crippen molar-refractivity contribution in [2.45, 2.75) is 50.4 Å². The number of amides is 1. The third kappa shape index (κ3) is 4.06. The molecule has 1 heterocycles. The van der Waals surface area contributed by atoms with Crippen LogP contribution in [-0.2, 0) is 16.6 Å². The van der Waals surface area contributed by atoms with Gasteiger partial charge in [-0.05, 0) is 43.9 Å². The number of fused-ring (bicyclic) bond motifs is 1. The molecule has 1 aliphatic rings. The number of carbonyl (C=O) groups is 1. The van der Waals surface area contributed by atoms with E-state index in [0.717, 1.165) is 25.3 Å². The Labute approximate surface area is 182 Å². The Kier molecular flexibility index (Phi) is 5.42. The zero-order chi connectivity index (χ0) is 23.1. The predicted molar refractivity (Wildman–Crippen MR) is 112 cm³/mol. The van der Waals surface area contributed by atoms with Crippen molar-refractivity contribution >= 4 is 22.9 Å². The van der Waals surface area contributed by atoms with Gasteiger partial charge in [-0.1, -0.05) is 30.3 Å². The molecule has 0 bridgehead atoms. The number of hydrogen-bond acceptors (Lipinski definition) is 4. The summed E-state index contributed by atoms with van der Waals surface area (Å²) in [5, 5.41) is 22.6. The Bertz CT molecular complexity index is 1210. The maximum atomic E-state index is 13.7. The first-order valence-corrected chi connectivity index (χ1v) is 10.2. The highest BCUT2D eigenvalue weighted by Crippen LogP contribution is 2.41. The van der Waals surface area contributed by atoms with Crippen molar-refractivity contribution < 1.29 is 23.1 Å².